The van der Waals surface area contributed by atoms with Gasteiger partial charge < -0.3 is 13.7 Å². The molecule has 8 aromatic carbocycles. The van der Waals surface area contributed by atoms with Crippen molar-refractivity contribution in [3.05, 3.63) is 175 Å². The molecular weight excluding hydrogens is 635 g/mol. The highest BCUT2D eigenvalue weighted by molar-refractivity contribution is 6.17. The number of nitrogens with zero attached hydrogens (tertiary/aromatic N) is 1. The molecule has 11 rings (SSSR count). The molecule has 0 unspecified atom stereocenters. The maximum atomic E-state index is 6.43. The normalized spacial score (nSPS) is 13.3. The zero-order chi connectivity index (χ0) is 34.6. The van der Waals surface area contributed by atoms with Crippen LogP contribution in [0.3, 0.4) is 0 Å². The van der Waals surface area contributed by atoms with Crippen LogP contribution in [0, 0.1) is 0 Å². The Bertz CT molecular complexity index is 3050. The first kappa shape index (κ1) is 29.2. The lowest BCUT2D eigenvalue weighted by atomic mass is 9.82. The summed E-state index contributed by atoms with van der Waals surface area (Å²) < 4.78 is 12.8. The van der Waals surface area contributed by atoms with E-state index < -0.39 is 0 Å². The third kappa shape index (κ3) is 4.08. The summed E-state index contributed by atoms with van der Waals surface area (Å²) in [5, 5.41) is 6.84. The number of benzene rings is 8. The molecule has 0 atom stereocenters. The first-order chi connectivity index (χ1) is 25.5. The first-order valence-electron chi connectivity index (χ1n) is 17.9. The molecule has 1 aliphatic rings. The Morgan fingerprint density at radius 3 is 1.85 bits per heavy atom. The van der Waals surface area contributed by atoms with Gasteiger partial charge >= 0.3 is 0 Å². The van der Waals surface area contributed by atoms with Crippen LogP contribution >= 0.6 is 0 Å². The number of hydrogen-bond acceptors (Lipinski definition) is 3. The van der Waals surface area contributed by atoms with Crippen molar-refractivity contribution >= 4 is 71.7 Å². The largest absolute Gasteiger partial charge is 0.456 e. The predicted octanol–water partition coefficient (Wildman–Crippen LogP) is 14.1. The summed E-state index contributed by atoms with van der Waals surface area (Å²) in [6.07, 6.45) is 0. The van der Waals surface area contributed by atoms with Gasteiger partial charge in [0.1, 0.15) is 22.3 Å². The molecule has 0 bridgehead atoms. The van der Waals surface area contributed by atoms with Gasteiger partial charge in [0.05, 0.1) is 5.69 Å². The van der Waals surface area contributed by atoms with Gasteiger partial charge in [0, 0.05) is 55.4 Å². The molecule has 0 fully saturated rings. The van der Waals surface area contributed by atoms with Crippen molar-refractivity contribution in [1.29, 1.82) is 0 Å². The van der Waals surface area contributed by atoms with Gasteiger partial charge in [0.25, 0.3) is 0 Å². The van der Waals surface area contributed by atoms with Gasteiger partial charge in [0.2, 0.25) is 0 Å². The molecule has 0 saturated carbocycles. The molecule has 2 heterocycles. The second-order valence-electron chi connectivity index (χ2n) is 14.5. The summed E-state index contributed by atoms with van der Waals surface area (Å²) >= 11 is 0. The summed E-state index contributed by atoms with van der Waals surface area (Å²) in [6, 6.07) is 58.8. The topological polar surface area (TPSA) is 29.5 Å². The average Bonchev–Trinajstić information content (AvgIpc) is 3.83. The van der Waals surface area contributed by atoms with E-state index >= 15 is 0 Å². The van der Waals surface area contributed by atoms with Crippen molar-refractivity contribution in [2.45, 2.75) is 19.3 Å². The van der Waals surface area contributed by atoms with Gasteiger partial charge in [-0.3, -0.25) is 0 Å². The minimum Gasteiger partial charge on any atom is -0.456 e. The second-order valence-corrected chi connectivity index (χ2v) is 14.5. The Labute approximate surface area is 301 Å². The lowest BCUT2D eigenvalue weighted by Crippen LogP contribution is -2.16. The van der Waals surface area contributed by atoms with E-state index in [1.165, 1.54) is 33.2 Å². The SMILES string of the molecule is CC1(C)c2ccccc2-c2c(N(c3ccc(-c4cccc5c4ccc4c6ccccc6oc54)cc3)c3ccc4c(c3)oc3ccccc34)cccc21. The molecule has 0 spiro atoms. The summed E-state index contributed by atoms with van der Waals surface area (Å²) in [6.45, 7) is 4.68. The Kier molecular flexibility index (Phi) is 6.01. The number of fused-ring (bicyclic) bond motifs is 11. The van der Waals surface area contributed by atoms with Crippen LogP contribution < -0.4 is 4.90 Å². The van der Waals surface area contributed by atoms with Gasteiger partial charge in [0.15, 0.2) is 0 Å². The second kappa shape index (κ2) is 10.7. The van der Waals surface area contributed by atoms with E-state index in [1.54, 1.807) is 0 Å². The molecule has 0 N–H and O–H groups in total. The molecule has 0 aliphatic heterocycles. The standard InChI is InChI=1S/C49H33NO2/c1-49(2)41-16-6-3-13-40(41)47-42(49)17-10-18-43(47)50(32-25-26-37-35-11-4-7-19-44(35)51-46(37)29-32)31-23-21-30(22-24-31)33-14-9-15-38-34(33)27-28-39-36-12-5-8-20-45(36)52-48(38)39/h3-29H,1-2H3. The predicted molar refractivity (Wildman–Crippen MR) is 216 cm³/mol. The van der Waals surface area contributed by atoms with Crippen LogP contribution in [0.5, 0.6) is 0 Å². The van der Waals surface area contributed by atoms with E-state index in [0.29, 0.717) is 0 Å². The summed E-state index contributed by atoms with van der Waals surface area (Å²) in [5.74, 6) is 0. The van der Waals surface area contributed by atoms with Crippen molar-refractivity contribution in [2.24, 2.45) is 0 Å². The highest BCUT2D eigenvalue weighted by Crippen LogP contribution is 2.54. The molecule has 2 aromatic heterocycles. The van der Waals surface area contributed by atoms with E-state index in [0.717, 1.165) is 71.9 Å². The number of para-hydroxylation sites is 2. The quantitative estimate of drug-likeness (QED) is 0.187. The van der Waals surface area contributed by atoms with Crippen LogP contribution in [0.2, 0.25) is 0 Å². The Morgan fingerprint density at radius 2 is 1.00 bits per heavy atom. The van der Waals surface area contributed by atoms with Crippen LogP contribution in [-0.4, -0.2) is 0 Å². The van der Waals surface area contributed by atoms with Gasteiger partial charge in [-0.2, -0.15) is 0 Å². The molecule has 0 saturated heterocycles. The maximum Gasteiger partial charge on any atom is 0.143 e. The van der Waals surface area contributed by atoms with Gasteiger partial charge in [-0.25, -0.2) is 0 Å². The number of rotatable bonds is 4. The van der Waals surface area contributed by atoms with Crippen LogP contribution in [-0.2, 0) is 5.41 Å². The lowest BCUT2D eigenvalue weighted by Gasteiger charge is -2.29. The summed E-state index contributed by atoms with van der Waals surface area (Å²) in [4.78, 5) is 2.40. The minimum atomic E-state index is -0.111. The Hall–Kier alpha value is -6.58. The molecular formula is C49H33NO2. The van der Waals surface area contributed by atoms with Crippen molar-refractivity contribution in [2.75, 3.05) is 4.90 Å². The van der Waals surface area contributed by atoms with Crippen molar-refractivity contribution < 1.29 is 8.83 Å². The lowest BCUT2D eigenvalue weighted by molar-refractivity contribution is 0.660. The third-order valence-electron chi connectivity index (χ3n) is 11.3. The van der Waals surface area contributed by atoms with Crippen molar-refractivity contribution in [1.82, 2.24) is 0 Å². The molecule has 10 aromatic rings. The van der Waals surface area contributed by atoms with E-state index in [4.69, 9.17) is 8.83 Å². The Balaban J connectivity index is 1.10. The Morgan fingerprint density at radius 1 is 0.423 bits per heavy atom. The van der Waals surface area contributed by atoms with Crippen molar-refractivity contribution in [3.8, 4) is 22.3 Å². The monoisotopic (exact) mass is 667 g/mol. The van der Waals surface area contributed by atoms with Crippen LogP contribution in [0.15, 0.2) is 173 Å². The minimum absolute atomic E-state index is 0.111. The van der Waals surface area contributed by atoms with E-state index in [-0.39, 0.29) is 5.41 Å². The fraction of sp³-hybridized carbons (Fsp3) is 0.0612. The van der Waals surface area contributed by atoms with Crippen LogP contribution in [0.25, 0.3) is 76.9 Å². The van der Waals surface area contributed by atoms with Gasteiger partial charge in [-0.05, 0) is 81.7 Å². The fourth-order valence-corrected chi connectivity index (χ4v) is 8.78. The zero-order valence-electron chi connectivity index (χ0n) is 28.9. The molecule has 52 heavy (non-hydrogen) atoms. The fourth-order valence-electron chi connectivity index (χ4n) is 8.78. The maximum absolute atomic E-state index is 6.43. The molecule has 3 heteroatoms. The van der Waals surface area contributed by atoms with E-state index in [2.05, 4.69) is 158 Å². The van der Waals surface area contributed by atoms with Crippen molar-refractivity contribution in [3.63, 3.8) is 0 Å². The number of furan rings is 2. The molecule has 0 radical (unpaired) electrons. The summed E-state index contributed by atoms with van der Waals surface area (Å²) in [5.41, 5.74) is 14.4. The smallest absolute Gasteiger partial charge is 0.143 e. The number of hydrogen-bond donors (Lipinski definition) is 0. The van der Waals surface area contributed by atoms with Crippen LogP contribution in [0.4, 0.5) is 17.1 Å². The molecule has 246 valence electrons. The summed E-state index contributed by atoms with van der Waals surface area (Å²) in [7, 11) is 0. The average molecular weight is 668 g/mol. The zero-order valence-corrected chi connectivity index (χ0v) is 28.9. The molecule has 1 aliphatic carbocycles. The highest BCUT2D eigenvalue weighted by Gasteiger charge is 2.37. The van der Waals surface area contributed by atoms with Crippen LogP contribution in [0.1, 0.15) is 25.0 Å². The number of anilines is 3. The molecule has 0 amide bonds. The highest BCUT2D eigenvalue weighted by atomic mass is 16.3. The van der Waals surface area contributed by atoms with E-state index in [1.807, 2.05) is 24.3 Å². The third-order valence-corrected chi connectivity index (χ3v) is 11.3. The van der Waals surface area contributed by atoms with Gasteiger partial charge in [-0.15, -0.1) is 0 Å². The van der Waals surface area contributed by atoms with E-state index in [9.17, 15) is 0 Å². The molecule has 3 nitrogen and oxygen atoms in total. The first-order valence-corrected chi connectivity index (χ1v) is 17.9. The van der Waals surface area contributed by atoms with Gasteiger partial charge in [-0.1, -0.05) is 123 Å².